The third kappa shape index (κ3) is 5.79. The summed E-state index contributed by atoms with van der Waals surface area (Å²) < 4.78 is 58.6. The number of nitrogens with zero attached hydrogens (tertiary/aromatic N) is 3. The van der Waals surface area contributed by atoms with E-state index < -0.39 is 37.1 Å². The molecule has 12 nitrogen and oxygen atoms in total. The molecule has 0 radical (unpaired) electrons. The number of sulfonamides is 2. The Hall–Kier alpha value is -4.53. The van der Waals surface area contributed by atoms with E-state index in [-0.39, 0.29) is 39.6 Å². The van der Waals surface area contributed by atoms with E-state index in [0.29, 0.717) is 29.8 Å². The zero-order valence-corrected chi connectivity index (χ0v) is 27.3. The molecule has 2 aliphatic rings. The summed E-state index contributed by atoms with van der Waals surface area (Å²) in [4.78, 5) is 19.2. The molecule has 240 valence electrons. The van der Waals surface area contributed by atoms with E-state index in [1.807, 2.05) is 28.8 Å². The number of imidazole rings is 1. The van der Waals surface area contributed by atoms with Gasteiger partial charge in [-0.3, -0.25) is 14.8 Å². The number of carbonyl (C=O) groups excluding carboxylic acids is 1. The van der Waals surface area contributed by atoms with Gasteiger partial charge in [0.15, 0.2) is 11.6 Å². The zero-order chi connectivity index (χ0) is 33.1. The molecule has 0 saturated carbocycles. The number of rotatable bonds is 8. The van der Waals surface area contributed by atoms with Crippen molar-refractivity contribution in [3.63, 3.8) is 0 Å². The van der Waals surface area contributed by atoms with Gasteiger partial charge in [0.1, 0.15) is 27.6 Å². The summed E-state index contributed by atoms with van der Waals surface area (Å²) in [6.45, 7) is 6.39. The highest BCUT2D eigenvalue weighted by Gasteiger charge is 2.50. The molecule has 2 aromatic heterocycles. The molecule has 6 rings (SSSR count). The number of hydrogen-bond donors (Lipinski definition) is 4. The molecule has 0 amide bonds. The number of aliphatic hydroxyl groups is 1. The predicted octanol–water partition coefficient (Wildman–Crippen LogP) is 4.58. The van der Waals surface area contributed by atoms with E-state index >= 15 is 0 Å². The van der Waals surface area contributed by atoms with Crippen LogP contribution in [0.2, 0.25) is 0 Å². The molecule has 0 spiro atoms. The molecule has 3 heterocycles. The lowest BCUT2D eigenvalue weighted by Crippen LogP contribution is -2.54. The van der Waals surface area contributed by atoms with Crippen LogP contribution in [0.3, 0.4) is 0 Å². The summed E-state index contributed by atoms with van der Waals surface area (Å²) in [7, 11) is -8.10. The van der Waals surface area contributed by atoms with Crippen LogP contribution >= 0.6 is 0 Å². The SMILES string of the molecule is CC(C)(C)CCC1(NCc2ncc3ccccn23)C(=O)C(C2=NS(=O)(=O)c3cc(NS(C)(=O)=O)ccc3N2)=C(O)c2ccccc21. The number of aliphatic hydroxyl groups excluding tert-OH is 1. The summed E-state index contributed by atoms with van der Waals surface area (Å²) in [5.41, 5.74) is 0.0866. The van der Waals surface area contributed by atoms with Crippen LogP contribution in [-0.2, 0) is 36.9 Å². The molecule has 1 unspecified atom stereocenters. The number of carbonyl (C=O) groups is 1. The van der Waals surface area contributed by atoms with Gasteiger partial charge in [-0.2, -0.15) is 8.42 Å². The Kier molecular flexibility index (Phi) is 7.57. The van der Waals surface area contributed by atoms with Gasteiger partial charge in [-0.1, -0.05) is 51.1 Å². The van der Waals surface area contributed by atoms with Crippen molar-refractivity contribution < 1.29 is 26.7 Å². The van der Waals surface area contributed by atoms with Crippen LogP contribution in [0, 0.1) is 5.41 Å². The molecule has 46 heavy (non-hydrogen) atoms. The molecule has 0 fully saturated rings. The van der Waals surface area contributed by atoms with Gasteiger partial charge in [-0.15, -0.1) is 4.40 Å². The molecule has 14 heteroatoms. The number of aromatic nitrogens is 2. The lowest BCUT2D eigenvalue weighted by Gasteiger charge is -2.41. The Morgan fingerprint density at radius 1 is 1.07 bits per heavy atom. The maximum atomic E-state index is 14.9. The highest BCUT2D eigenvalue weighted by atomic mass is 32.2. The molecule has 4 aromatic rings. The van der Waals surface area contributed by atoms with E-state index in [1.165, 1.54) is 12.1 Å². The second kappa shape index (κ2) is 11.1. The van der Waals surface area contributed by atoms with E-state index in [9.17, 15) is 26.7 Å². The number of Topliss-reactive ketones (excluding diaryl/α,β-unsaturated/α-hetero) is 1. The molecule has 0 saturated heterocycles. The first kappa shape index (κ1) is 31.5. The lowest BCUT2D eigenvalue weighted by atomic mass is 9.69. The number of pyridine rings is 1. The Morgan fingerprint density at radius 3 is 2.54 bits per heavy atom. The monoisotopic (exact) mass is 662 g/mol. The second-order valence-electron chi connectivity index (χ2n) is 12.7. The van der Waals surface area contributed by atoms with Crippen molar-refractivity contribution in [3.8, 4) is 0 Å². The van der Waals surface area contributed by atoms with Crippen molar-refractivity contribution in [2.45, 2.75) is 50.6 Å². The van der Waals surface area contributed by atoms with Crippen LogP contribution < -0.4 is 15.4 Å². The number of anilines is 2. The van der Waals surface area contributed by atoms with Crippen molar-refractivity contribution in [3.05, 3.63) is 95.6 Å². The maximum Gasteiger partial charge on any atom is 0.286 e. The van der Waals surface area contributed by atoms with Crippen molar-refractivity contribution in [1.82, 2.24) is 14.7 Å². The fraction of sp³-hybridized carbons (Fsp3) is 0.281. The standard InChI is InChI=1S/C32H34N6O6S2/c1-31(2,3)14-15-32(34-19-26-33-18-21-9-7-8-16-38(21)26)23-11-6-5-10-22(23)28(39)27(29(32)40)30-35-24-13-12-20(36-45(4,41)42)17-25(24)46(43,44)37-30/h5-13,16-18,34,36,39H,14-15,19H2,1-4H3,(H,35,37). The molecule has 0 bridgehead atoms. The van der Waals surface area contributed by atoms with Crippen molar-refractivity contribution in [1.29, 1.82) is 0 Å². The number of hydrogen-bond acceptors (Lipinski definition) is 9. The smallest absolute Gasteiger partial charge is 0.286 e. The van der Waals surface area contributed by atoms with E-state index in [0.717, 1.165) is 17.8 Å². The fourth-order valence-electron chi connectivity index (χ4n) is 5.84. The fourth-order valence-corrected chi connectivity index (χ4v) is 7.54. The van der Waals surface area contributed by atoms with Gasteiger partial charge in [0.05, 0.1) is 30.2 Å². The Labute approximate surface area is 267 Å². The summed E-state index contributed by atoms with van der Waals surface area (Å²) >= 11 is 0. The average molecular weight is 663 g/mol. The summed E-state index contributed by atoms with van der Waals surface area (Å²) in [6, 6.07) is 16.6. The van der Waals surface area contributed by atoms with Crippen molar-refractivity contribution >= 4 is 54.3 Å². The van der Waals surface area contributed by atoms with Gasteiger partial charge in [0.2, 0.25) is 10.0 Å². The molecular weight excluding hydrogens is 629 g/mol. The van der Waals surface area contributed by atoms with E-state index in [4.69, 9.17) is 0 Å². The highest BCUT2D eigenvalue weighted by molar-refractivity contribution is 7.92. The predicted molar refractivity (Wildman–Crippen MR) is 177 cm³/mol. The number of nitrogens with one attached hydrogen (secondary N) is 3. The van der Waals surface area contributed by atoms with Gasteiger partial charge < -0.3 is 14.8 Å². The normalized spacial score (nSPS) is 19.3. The van der Waals surface area contributed by atoms with E-state index in [2.05, 4.69) is 45.5 Å². The molecule has 1 atom stereocenters. The Bertz CT molecular complexity index is 2180. The van der Waals surface area contributed by atoms with Crippen LogP contribution in [0.5, 0.6) is 0 Å². The Balaban J connectivity index is 1.47. The molecule has 2 aromatic carbocycles. The van der Waals surface area contributed by atoms with Gasteiger partial charge >= 0.3 is 0 Å². The summed E-state index contributed by atoms with van der Waals surface area (Å²) in [6.07, 6.45) is 5.50. The minimum absolute atomic E-state index is 0.0342. The quantitative estimate of drug-likeness (QED) is 0.211. The number of fused-ring (bicyclic) bond motifs is 3. The minimum atomic E-state index is -4.43. The van der Waals surface area contributed by atoms with Crippen LogP contribution in [0.15, 0.2) is 87.9 Å². The number of ketones is 1. The third-order valence-corrected chi connectivity index (χ3v) is 9.99. The minimum Gasteiger partial charge on any atom is -0.506 e. The van der Waals surface area contributed by atoms with Crippen molar-refractivity contribution in [2.24, 2.45) is 9.81 Å². The summed E-state index contributed by atoms with van der Waals surface area (Å²) in [5.74, 6) is -0.615. The highest BCUT2D eigenvalue weighted by Crippen LogP contribution is 2.44. The molecule has 1 aliphatic carbocycles. The molecule has 4 N–H and O–H groups in total. The Morgan fingerprint density at radius 2 is 1.80 bits per heavy atom. The first-order valence-electron chi connectivity index (χ1n) is 14.6. The van der Waals surface area contributed by atoms with Crippen LogP contribution in [0.25, 0.3) is 11.3 Å². The van der Waals surface area contributed by atoms with E-state index in [1.54, 1.807) is 30.5 Å². The van der Waals surface area contributed by atoms with Gasteiger partial charge in [-0.05, 0) is 54.2 Å². The van der Waals surface area contributed by atoms with Crippen LogP contribution in [-0.4, -0.2) is 49.2 Å². The van der Waals surface area contributed by atoms with Gasteiger partial charge in [-0.25, -0.2) is 13.4 Å². The number of amidine groups is 1. The second-order valence-corrected chi connectivity index (χ2v) is 16.0. The van der Waals surface area contributed by atoms with Crippen LogP contribution in [0.4, 0.5) is 11.4 Å². The number of benzene rings is 2. The lowest BCUT2D eigenvalue weighted by molar-refractivity contribution is -0.122. The van der Waals surface area contributed by atoms with Crippen LogP contribution in [0.1, 0.15) is 50.6 Å². The average Bonchev–Trinajstić information content (AvgIpc) is 3.39. The zero-order valence-electron chi connectivity index (χ0n) is 25.7. The maximum absolute atomic E-state index is 14.9. The molecular formula is C32H34N6O6S2. The third-order valence-electron chi connectivity index (χ3n) is 8.07. The first-order chi connectivity index (χ1) is 21.6. The topological polar surface area (TPSA) is 171 Å². The largest absolute Gasteiger partial charge is 0.506 e. The molecule has 1 aliphatic heterocycles. The van der Waals surface area contributed by atoms with Crippen molar-refractivity contribution in [2.75, 3.05) is 16.3 Å². The van der Waals surface area contributed by atoms with Gasteiger partial charge in [0.25, 0.3) is 10.0 Å². The first-order valence-corrected chi connectivity index (χ1v) is 17.9. The summed E-state index contributed by atoms with van der Waals surface area (Å²) in [5, 5.41) is 18.0. The van der Waals surface area contributed by atoms with Gasteiger partial charge in [0, 0.05) is 17.4 Å².